The van der Waals surface area contributed by atoms with Crippen LogP contribution in [0.2, 0.25) is 0 Å². The fraction of sp³-hybridized carbons (Fsp3) is 0.217. The second-order valence-corrected chi connectivity index (χ2v) is 6.73. The summed E-state index contributed by atoms with van der Waals surface area (Å²) >= 11 is 0. The number of benzene rings is 2. The van der Waals surface area contributed by atoms with Gasteiger partial charge in [0.05, 0.1) is 13.3 Å². The van der Waals surface area contributed by atoms with E-state index in [9.17, 15) is 14.0 Å². The van der Waals surface area contributed by atoms with Crippen molar-refractivity contribution in [3.8, 4) is 11.5 Å². The molecule has 0 aliphatic carbocycles. The highest BCUT2D eigenvalue weighted by Crippen LogP contribution is 2.17. The molecule has 0 atom stereocenters. The fourth-order valence-corrected chi connectivity index (χ4v) is 2.99. The van der Waals surface area contributed by atoms with Gasteiger partial charge in [-0.05, 0) is 35.7 Å². The molecule has 3 aromatic rings. The first kappa shape index (κ1) is 21.1. The van der Waals surface area contributed by atoms with Crippen molar-refractivity contribution in [3.63, 3.8) is 0 Å². The summed E-state index contributed by atoms with van der Waals surface area (Å²) in [6, 6.07) is 14.7. The lowest BCUT2D eigenvalue weighted by molar-refractivity contribution is 0.0944. The van der Waals surface area contributed by atoms with E-state index in [0.29, 0.717) is 13.0 Å². The minimum atomic E-state index is -0.398. The Hall–Kier alpha value is -3.61. The molecule has 156 valence electrons. The van der Waals surface area contributed by atoms with Crippen LogP contribution in [0.5, 0.6) is 11.5 Å². The van der Waals surface area contributed by atoms with Crippen LogP contribution in [0.3, 0.4) is 0 Å². The molecule has 0 fully saturated rings. The van der Waals surface area contributed by atoms with Crippen LogP contribution in [0, 0.1) is 5.82 Å². The average Bonchev–Trinajstić information content (AvgIpc) is 2.75. The van der Waals surface area contributed by atoms with Crippen LogP contribution in [0.4, 0.5) is 4.39 Å². The Labute approximate surface area is 173 Å². The van der Waals surface area contributed by atoms with E-state index in [2.05, 4.69) is 5.32 Å². The molecule has 1 heterocycles. The van der Waals surface area contributed by atoms with Crippen molar-refractivity contribution in [2.24, 2.45) is 7.05 Å². The molecule has 1 N–H and O–H groups in total. The molecule has 0 radical (unpaired) electrons. The third-order valence-corrected chi connectivity index (χ3v) is 4.61. The van der Waals surface area contributed by atoms with Gasteiger partial charge in [-0.25, -0.2) is 4.39 Å². The molecule has 0 bridgehead atoms. The van der Waals surface area contributed by atoms with Crippen LogP contribution < -0.4 is 20.2 Å². The van der Waals surface area contributed by atoms with E-state index < -0.39 is 5.43 Å². The number of aromatic nitrogens is 1. The highest BCUT2D eigenvalue weighted by atomic mass is 19.1. The molecule has 0 aliphatic rings. The Morgan fingerprint density at radius 2 is 1.83 bits per heavy atom. The summed E-state index contributed by atoms with van der Waals surface area (Å²) in [5.41, 5.74) is 1.55. The van der Waals surface area contributed by atoms with Crippen molar-refractivity contribution >= 4 is 5.91 Å². The van der Waals surface area contributed by atoms with Crippen LogP contribution in [-0.2, 0) is 20.1 Å². The summed E-state index contributed by atoms with van der Waals surface area (Å²) in [5, 5.41) is 2.82. The van der Waals surface area contributed by atoms with E-state index in [4.69, 9.17) is 9.47 Å². The number of rotatable bonds is 8. The second-order valence-electron chi connectivity index (χ2n) is 6.73. The summed E-state index contributed by atoms with van der Waals surface area (Å²) in [4.78, 5) is 24.9. The van der Waals surface area contributed by atoms with Gasteiger partial charge in [-0.1, -0.05) is 30.3 Å². The van der Waals surface area contributed by atoms with Crippen molar-refractivity contribution in [3.05, 3.63) is 93.7 Å². The molecule has 1 amide bonds. The Balaban J connectivity index is 1.61. The lowest BCUT2D eigenvalue weighted by atomic mass is 10.1. The number of carbonyl (C=O) groups excluding carboxylic acids is 1. The molecular formula is C23H23FN2O4. The van der Waals surface area contributed by atoms with Crippen LogP contribution >= 0.6 is 0 Å². The average molecular weight is 410 g/mol. The van der Waals surface area contributed by atoms with E-state index in [-0.39, 0.29) is 29.8 Å². The minimum Gasteiger partial charge on any atom is -0.496 e. The number of para-hydroxylation sites is 1. The summed E-state index contributed by atoms with van der Waals surface area (Å²) in [5.74, 6) is 0.194. The number of hydrogen-bond donors (Lipinski definition) is 1. The van der Waals surface area contributed by atoms with Crippen molar-refractivity contribution in [2.75, 3.05) is 13.7 Å². The predicted molar refractivity (Wildman–Crippen MR) is 111 cm³/mol. The van der Waals surface area contributed by atoms with Gasteiger partial charge in [0.1, 0.15) is 23.9 Å². The zero-order chi connectivity index (χ0) is 21.5. The lowest BCUT2D eigenvalue weighted by Crippen LogP contribution is -2.29. The van der Waals surface area contributed by atoms with Gasteiger partial charge in [-0.2, -0.15) is 0 Å². The van der Waals surface area contributed by atoms with Crippen molar-refractivity contribution in [2.45, 2.75) is 13.0 Å². The largest absolute Gasteiger partial charge is 0.496 e. The van der Waals surface area contributed by atoms with Crippen LogP contribution in [0.15, 0.2) is 65.6 Å². The summed E-state index contributed by atoms with van der Waals surface area (Å²) in [7, 11) is 3.27. The maximum Gasteiger partial charge on any atom is 0.268 e. The standard InChI is InChI=1S/C23H23FN2O4/c1-26-14-22(30-15-16-7-9-18(24)10-8-16)20(27)13-19(26)23(28)25-12-11-17-5-3-4-6-21(17)29-2/h3-10,13-14H,11-12,15H2,1-2H3,(H,25,28). The number of carbonyl (C=O) groups is 1. The molecule has 6 nitrogen and oxygen atoms in total. The van der Waals surface area contributed by atoms with E-state index in [1.54, 1.807) is 30.9 Å². The third-order valence-electron chi connectivity index (χ3n) is 4.61. The molecule has 3 rings (SSSR count). The van der Waals surface area contributed by atoms with E-state index >= 15 is 0 Å². The van der Waals surface area contributed by atoms with Gasteiger partial charge in [0, 0.05) is 19.7 Å². The fourth-order valence-electron chi connectivity index (χ4n) is 2.99. The van der Waals surface area contributed by atoms with Gasteiger partial charge in [0.15, 0.2) is 5.75 Å². The maximum atomic E-state index is 13.0. The number of halogens is 1. The van der Waals surface area contributed by atoms with Gasteiger partial charge in [0.2, 0.25) is 5.43 Å². The molecule has 7 heteroatoms. The second kappa shape index (κ2) is 9.73. The third kappa shape index (κ3) is 5.26. The van der Waals surface area contributed by atoms with Crippen LogP contribution in [0.1, 0.15) is 21.6 Å². The van der Waals surface area contributed by atoms with E-state index in [1.807, 2.05) is 24.3 Å². The molecule has 1 aromatic heterocycles. The molecule has 0 saturated heterocycles. The SMILES string of the molecule is COc1ccccc1CCNC(=O)c1cc(=O)c(OCc2ccc(F)cc2)cn1C. The van der Waals surface area contributed by atoms with Crippen molar-refractivity contribution < 1.29 is 18.7 Å². The zero-order valence-corrected chi connectivity index (χ0v) is 16.9. The zero-order valence-electron chi connectivity index (χ0n) is 16.9. The summed E-state index contributed by atoms with van der Waals surface area (Å²) in [6.07, 6.45) is 2.07. The number of amides is 1. The highest BCUT2D eigenvalue weighted by Gasteiger charge is 2.13. The van der Waals surface area contributed by atoms with E-state index in [1.165, 1.54) is 24.4 Å². The Morgan fingerprint density at radius 1 is 1.10 bits per heavy atom. The Bertz CT molecular complexity index is 1080. The maximum absolute atomic E-state index is 13.0. The van der Waals surface area contributed by atoms with Gasteiger partial charge >= 0.3 is 0 Å². The quantitative estimate of drug-likeness (QED) is 0.620. The first-order valence-corrected chi connectivity index (χ1v) is 9.46. The van der Waals surface area contributed by atoms with Gasteiger partial charge in [-0.3, -0.25) is 9.59 Å². The van der Waals surface area contributed by atoms with Crippen molar-refractivity contribution in [1.29, 1.82) is 0 Å². The van der Waals surface area contributed by atoms with Crippen molar-refractivity contribution in [1.82, 2.24) is 9.88 Å². The summed E-state index contributed by atoms with van der Waals surface area (Å²) < 4.78 is 25.4. The molecule has 0 unspecified atom stereocenters. The Kier molecular flexibility index (Phi) is 6.85. The van der Waals surface area contributed by atoms with Crippen LogP contribution in [-0.4, -0.2) is 24.1 Å². The predicted octanol–water partition coefficient (Wildman–Crippen LogP) is 3.08. The number of methoxy groups -OCH3 is 1. The number of hydrogen-bond acceptors (Lipinski definition) is 4. The molecule has 0 aliphatic heterocycles. The number of pyridine rings is 1. The molecule has 0 saturated carbocycles. The molecule has 0 spiro atoms. The summed E-state index contributed by atoms with van der Waals surface area (Å²) in [6.45, 7) is 0.524. The Morgan fingerprint density at radius 3 is 2.57 bits per heavy atom. The number of aryl methyl sites for hydroxylation is 1. The number of nitrogens with zero attached hydrogens (tertiary/aromatic N) is 1. The first-order valence-electron chi connectivity index (χ1n) is 9.46. The molecule has 30 heavy (non-hydrogen) atoms. The van der Waals surface area contributed by atoms with Crippen LogP contribution in [0.25, 0.3) is 0 Å². The normalized spacial score (nSPS) is 10.5. The minimum absolute atomic E-state index is 0.118. The van der Waals surface area contributed by atoms with Gasteiger partial charge in [0.25, 0.3) is 5.91 Å². The smallest absolute Gasteiger partial charge is 0.268 e. The van der Waals surface area contributed by atoms with Gasteiger partial charge < -0.3 is 19.4 Å². The highest BCUT2D eigenvalue weighted by molar-refractivity contribution is 5.92. The first-order chi connectivity index (χ1) is 14.5. The van der Waals surface area contributed by atoms with Gasteiger partial charge in [-0.15, -0.1) is 0 Å². The molecular weight excluding hydrogens is 387 g/mol. The topological polar surface area (TPSA) is 69.6 Å². The number of ether oxygens (including phenoxy) is 2. The monoisotopic (exact) mass is 410 g/mol. The van der Waals surface area contributed by atoms with E-state index in [0.717, 1.165) is 16.9 Å². The number of nitrogens with one attached hydrogen (secondary N) is 1. The lowest BCUT2D eigenvalue weighted by Gasteiger charge is -2.13. The molecule has 2 aromatic carbocycles.